The number of H-pyrrole nitrogens is 1. The molecule has 0 spiro atoms. The molecule has 1 aromatic carbocycles. The molecule has 0 fully saturated rings. The summed E-state index contributed by atoms with van der Waals surface area (Å²) in [5.41, 5.74) is 0.306. The molecule has 1 N–H and O–H groups in total. The van der Waals surface area contributed by atoms with Crippen LogP contribution in [0.3, 0.4) is 0 Å². The van der Waals surface area contributed by atoms with Gasteiger partial charge in [0.1, 0.15) is 17.0 Å². The maximum Gasteiger partial charge on any atom is 0.357 e. The second kappa shape index (κ2) is 5.71. The Morgan fingerprint density at radius 3 is 2.27 bits per heavy atom. The zero-order chi connectivity index (χ0) is 16.5. The van der Waals surface area contributed by atoms with Crippen molar-refractivity contribution in [2.45, 2.75) is 33.3 Å². The third-order valence-electron chi connectivity index (χ3n) is 3.07. The summed E-state index contributed by atoms with van der Waals surface area (Å²) in [6, 6.07) is 7.00. The number of hydrogen-bond acceptors (Lipinski definition) is 4. The van der Waals surface area contributed by atoms with Crippen LogP contribution in [0, 0.1) is 6.92 Å². The van der Waals surface area contributed by atoms with Crippen molar-refractivity contribution in [1.29, 1.82) is 0 Å². The monoisotopic (exact) mass is 304 g/mol. The van der Waals surface area contributed by atoms with Crippen molar-refractivity contribution in [2.75, 3.05) is 7.11 Å². The Balaban J connectivity index is 2.42. The van der Waals surface area contributed by atoms with Crippen LogP contribution >= 0.6 is 0 Å². The molecule has 2 rings (SSSR count). The maximum atomic E-state index is 12.2. The van der Waals surface area contributed by atoms with E-state index in [1.807, 2.05) is 0 Å². The van der Waals surface area contributed by atoms with Gasteiger partial charge in [-0.3, -0.25) is 9.55 Å². The number of methoxy groups -OCH3 is 1. The largest absolute Gasteiger partial charge is 0.497 e. The summed E-state index contributed by atoms with van der Waals surface area (Å²) in [7, 11) is 1.57. The molecular formula is C16H20N2O4. The van der Waals surface area contributed by atoms with Crippen molar-refractivity contribution < 1.29 is 14.3 Å². The summed E-state index contributed by atoms with van der Waals surface area (Å²) in [6.07, 6.45) is 0. The van der Waals surface area contributed by atoms with E-state index in [2.05, 4.69) is 4.98 Å². The third kappa shape index (κ3) is 3.21. The highest BCUT2D eigenvalue weighted by Gasteiger charge is 2.23. The molecule has 0 atom stereocenters. The Bertz CT molecular complexity index is 733. The minimum atomic E-state index is -0.622. The molecule has 0 aliphatic rings. The first-order chi connectivity index (χ1) is 10.2. The molecule has 0 aliphatic heterocycles. The van der Waals surface area contributed by atoms with Crippen LogP contribution in [0.1, 0.15) is 37.0 Å². The molecule has 0 bridgehead atoms. The predicted octanol–water partition coefficient (Wildman–Crippen LogP) is 2.44. The summed E-state index contributed by atoms with van der Waals surface area (Å²) in [5.74, 6) is 0.145. The highest BCUT2D eigenvalue weighted by atomic mass is 16.6. The van der Waals surface area contributed by atoms with E-state index in [0.29, 0.717) is 17.1 Å². The molecular weight excluding hydrogens is 284 g/mol. The Morgan fingerprint density at radius 2 is 1.77 bits per heavy atom. The fourth-order valence-corrected chi connectivity index (χ4v) is 2.09. The van der Waals surface area contributed by atoms with E-state index in [9.17, 15) is 9.59 Å². The van der Waals surface area contributed by atoms with E-state index >= 15 is 0 Å². The van der Waals surface area contributed by atoms with E-state index in [4.69, 9.17) is 9.47 Å². The molecule has 22 heavy (non-hydrogen) atoms. The minimum Gasteiger partial charge on any atom is -0.497 e. The smallest absolute Gasteiger partial charge is 0.357 e. The quantitative estimate of drug-likeness (QED) is 0.884. The average Bonchev–Trinajstić information content (AvgIpc) is 2.72. The van der Waals surface area contributed by atoms with Gasteiger partial charge in [-0.2, -0.15) is 0 Å². The van der Waals surface area contributed by atoms with Gasteiger partial charge >= 0.3 is 11.7 Å². The standard InChI is InChI=1S/C16H20N2O4/c1-10-13(14(19)22-16(2,3)4)17-15(20)18(10)11-6-8-12(21-5)9-7-11/h6-9H,1-5H3,(H,17,20). The summed E-state index contributed by atoms with van der Waals surface area (Å²) in [4.78, 5) is 26.9. The van der Waals surface area contributed by atoms with Crippen molar-refractivity contribution >= 4 is 5.97 Å². The first-order valence-electron chi connectivity index (χ1n) is 6.92. The van der Waals surface area contributed by atoms with Gasteiger partial charge in [-0.25, -0.2) is 9.59 Å². The zero-order valence-electron chi connectivity index (χ0n) is 13.4. The van der Waals surface area contributed by atoms with E-state index in [-0.39, 0.29) is 11.4 Å². The number of benzene rings is 1. The average molecular weight is 304 g/mol. The number of rotatable bonds is 3. The Kier molecular flexibility index (Phi) is 4.12. The van der Waals surface area contributed by atoms with Crippen molar-refractivity contribution in [3.05, 3.63) is 46.1 Å². The number of hydrogen-bond donors (Lipinski definition) is 1. The van der Waals surface area contributed by atoms with Crippen LogP contribution in [0.15, 0.2) is 29.1 Å². The number of nitrogens with one attached hydrogen (secondary N) is 1. The van der Waals surface area contributed by atoms with Crippen molar-refractivity contribution in [1.82, 2.24) is 9.55 Å². The SMILES string of the molecule is COc1ccc(-n2c(C)c(C(=O)OC(C)(C)C)[nH]c2=O)cc1. The Morgan fingerprint density at radius 1 is 1.18 bits per heavy atom. The molecule has 0 amide bonds. The van der Waals surface area contributed by atoms with Gasteiger partial charge in [0.25, 0.3) is 0 Å². The summed E-state index contributed by atoms with van der Waals surface area (Å²) in [6.45, 7) is 7.03. The molecule has 0 radical (unpaired) electrons. The number of carbonyl (C=O) groups excluding carboxylic acids is 1. The number of aromatic amines is 1. The fourth-order valence-electron chi connectivity index (χ4n) is 2.09. The molecule has 118 valence electrons. The van der Waals surface area contributed by atoms with Gasteiger partial charge in [-0.05, 0) is 52.0 Å². The van der Waals surface area contributed by atoms with Gasteiger partial charge in [-0.1, -0.05) is 0 Å². The molecule has 0 unspecified atom stereocenters. The van der Waals surface area contributed by atoms with E-state index in [1.165, 1.54) is 4.57 Å². The second-order valence-electron chi connectivity index (χ2n) is 5.93. The van der Waals surface area contributed by atoms with Crippen molar-refractivity contribution in [3.8, 4) is 11.4 Å². The third-order valence-corrected chi connectivity index (χ3v) is 3.07. The first kappa shape index (κ1) is 15.9. The van der Waals surface area contributed by atoms with Crippen molar-refractivity contribution in [3.63, 3.8) is 0 Å². The molecule has 0 aliphatic carbocycles. The lowest BCUT2D eigenvalue weighted by Crippen LogP contribution is -2.24. The topological polar surface area (TPSA) is 73.3 Å². The number of carbonyl (C=O) groups is 1. The number of ether oxygens (including phenoxy) is 2. The second-order valence-corrected chi connectivity index (χ2v) is 5.93. The van der Waals surface area contributed by atoms with Crippen LogP contribution in [0.2, 0.25) is 0 Å². The normalized spacial score (nSPS) is 11.3. The molecule has 1 heterocycles. The molecule has 6 heteroatoms. The fraction of sp³-hybridized carbons (Fsp3) is 0.375. The highest BCUT2D eigenvalue weighted by Crippen LogP contribution is 2.18. The minimum absolute atomic E-state index is 0.163. The van der Waals surface area contributed by atoms with Gasteiger partial charge in [0, 0.05) is 0 Å². The van der Waals surface area contributed by atoms with Crippen LogP contribution in [-0.2, 0) is 4.74 Å². The lowest BCUT2D eigenvalue weighted by atomic mass is 10.2. The Labute approximate surface area is 128 Å². The molecule has 1 aromatic heterocycles. The molecule has 0 saturated carbocycles. The summed E-state index contributed by atoms with van der Waals surface area (Å²) >= 11 is 0. The van der Waals surface area contributed by atoms with Gasteiger partial charge in [0.2, 0.25) is 0 Å². The molecule has 0 saturated heterocycles. The maximum absolute atomic E-state index is 12.2. The van der Waals surface area contributed by atoms with E-state index in [0.717, 1.165) is 0 Å². The van der Waals surface area contributed by atoms with Gasteiger partial charge in [0.15, 0.2) is 0 Å². The van der Waals surface area contributed by atoms with Crippen LogP contribution in [-0.4, -0.2) is 28.2 Å². The van der Waals surface area contributed by atoms with Gasteiger partial charge in [0.05, 0.1) is 18.5 Å². The highest BCUT2D eigenvalue weighted by molar-refractivity contribution is 5.89. The number of aromatic nitrogens is 2. The van der Waals surface area contributed by atoms with Crippen LogP contribution in [0.25, 0.3) is 5.69 Å². The van der Waals surface area contributed by atoms with E-state index < -0.39 is 11.6 Å². The van der Waals surface area contributed by atoms with Gasteiger partial charge in [-0.15, -0.1) is 0 Å². The number of imidazole rings is 1. The summed E-state index contributed by atoms with van der Waals surface area (Å²) in [5, 5.41) is 0. The molecule has 2 aromatic rings. The van der Waals surface area contributed by atoms with Crippen molar-refractivity contribution in [2.24, 2.45) is 0 Å². The number of esters is 1. The lowest BCUT2D eigenvalue weighted by molar-refractivity contribution is 0.00624. The van der Waals surface area contributed by atoms with Gasteiger partial charge < -0.3 is 9.47 Å². The van der Waals surface area contributed by atoms with Crippen LogP contribution in [0.4, 0.5) is 0 Å². The van der Waals surface area contributed by atoms with E-state index in [1.54, 1.807) is 59.1 Å². The van der Waals surface area contributed by atoms with Crippen LogP contribution < -0.4 is 10.4 Å². The first-order valence-corrected chi connectivity index (χ1v) is 6.92. The lowest BCUT2D eigenvalue weighted by Gasteiger charge is -2.19. The predicted molar refractivity (Wildman–Crippen MR) is 82.8 cm³/mol. The Hall–Kier alpha value is -2.50. The zero-order valence-corrected chi connectivity index (χ0v) is 13.4. The number of nitrogens with zero attached hydrogens (tertiary/aromatic N) is 1. The van der Waals surface area contributed by atoms with Crippen LogP contribution in [0.5, 0.6) is 5.75 Å². The molecule has 6 nitrogen and oxygen atoms in total. The summed E-state index contributed by atoms with van der Waals surface area (Å²) < 4.78 is 11.8.